The lowest BCUT2D eigenvalue weighted by Gasteiger charge is -2.09. The highest BCUT2D eigenvalue weighted by atomic mass is 15.1. The molecule has 0 radical (unpaired) electrons. The second-order valence-corrected chi connectivity index (χ2v) is 4.74. The molecule has 1 aromatic heterocycles. The van der Waals surface area contributed by atoms with Crippen LogP contribution in [0.25, 0.3) is 0 Å². The van der Waals surface area contributed by atoms with Crippen LogP contribution in [-0.4, -0.2) is 29.6 Å². The van der Waals surface area contributed by atoms with Gasteiger partial charge in [0.05, 0.1) is 0 Å². The summed E-state index contributed by atoms with van der Waals surface area (Å²) in [5.74, 6) is 1.58. The van der Waals surface area contributed by atoms with Crippen LogP contribution >= 0.6 is 0 Å². The average Bonchev–Trinajstić information content (AvgIpc) is 2.85. The van der Waals surface area contributed by atoms with Crippen LogP contribution in [0.4, 0.5) is 5.95 Å². The molecule has 1 aliphatic heterocycles. The molecule has 1 unspecified atom stereocenters. The van der Waals surface area contributed by atoms with E-state index in [1.54, 1.807) is 0 Å². The Morgan fingerprint density at radius 2 is 2.24 bits per heavy atom. The lowest BCUT2D eigenvalue weighted by atomic mass is 10.1. The molecular weight excluding hydrogens is 212 g/mol. The fraction of sp³-hybridized carbons (Fsp3) is 0.692. The van der Waals surface area contributed by atoms with Crippen molar-refractivity contribution in [3.8, 4) is 0 Å². The first kappa shape index (κ1) is 12.3. The van der Waals surface area contributed by atoms with Gasteiger partial charge in [0.1, 0.15) is 0 Å². The van der Waals surface area contributed by atoms with Crippen LogP contribution in [-0.2, 0) is 6.42 Å². The standard InChI is InChI=1S/C13H22N4/c1-2-3-12-9-16-13(17-10-12)15-7-5-11-4-6-14-8-11/h9-11,14H,2-8H2,1H3,(H,15,16,17). The van der Waals surface area contributed by atoms with Crippen molar-refractivity contribution in [1.82, 2.24) is 15.3 Å². The first-order chi connectivity index (χ1) is 8.38. The molecular formula is C13H22N4. The predicted molar refractivity (Wildman–Crippen MR) is 70.1 cm³/mol. The molecule has 0 aromatic carbocycles. The second-order valence-electron chi connectivity index (χ2n) is 4.74. The summed E-state index contributed by atoms with van der Waals surface area (Å²) in [5, 5.41) is 6.67. The van der Waals surface area contributed by atoms with E-state index in [0.717, 1.165) is 37.8 Å². The van der Waals surface area contributed by atoms with Crippen LogP contribution in [0.2, 0.25) is 0 Å². The van der Waals surface area contributed by atoms with Crippen LogP contribution in [0, 0.1) is 5.92 Å². The summed E-state index contributed by atoms with van der Waals surface area (Å²) in [7, 11) is 0. The van der Waals surface area contributed by atoms with Crippen molar-refractivity contribution in [3.05, 3.63) is 18.0 Å². The summed E-state index contributed by atoms with van der Waals surface area (Å²) in [6, 6.07) is 0. The van der Waals surface area contributed by atoms with Crippen LogP contribution < -0.4 is 10.6 Å². The van der Waals surface area contributed by atoms with Gasteiger partial charge in [-0.25, -0.2) is 9.97 Å². The lowest BCUT2D eigenvalue weighted by molar-refractivity contribution is 0.548. The Balaban J connectivity index is 1.70. The molecule has 17 heavy (non-hydrogen) atoms. The minimum absolute atomic E-state index is 0.760. The molecule has 1 saturated heterocycles. The molecule has 1 aromatic rings. The first-order valence-corrected chi connectivity index (χ1v) is 6.64. The third-order valence-electron chi connectivity index (χ3n) is 3.24. The molecule has 1 fully saturated rings. The summed E-state index contributed by atoms with van der Waals surface area (Å²) in [6.45, 7) is 5.48. The Morgan fingerprint density at radius 3 is 2.88 bits per heavy atom. The molecule has 1 aliphatic rings. The molecule has 0 spiro atoms. The van der Waals surface area contributed by atoms with Crippen molar-refractivity contribution in [2.24, 2.45) is 5.92 Å². The molecule has 1 atom stereocenters. The highest BCUT2D eigenvalue weighted by Crippen LogP contribution is 2.12. The van der Waals surface area contributed by atoms with Crippen molar-refractivity contribution in [3.63, 3.8) is 0 Å². The zero-order chi connectivity index (χ0) is 11.9. The van der Waals surface area contributed by atoms with Crippen molar-refractivity contribution >= 4 is 5.95 Å². The summed E-state index contributed by atoms with van der Waals surface area (Å²) in [4.78, 5) is 8.65. The van der Waals surface area contributed by atoms with E-state index < -0.39 is 0 Å². The van der Waals surface area contributed by atoms with Gasteiger partial charge in [0.25, 0.3) is 0 Å². The SMILES string of the molecule is CCCc1cnc(NCCC2CCNC2)nc1. The zero-order valence-electron chi connectivity index (χ0n) is 10.6. The smallest absolute Gasteiger partial charge is 0.222 e. The maximum atomic E-state index is 4.32. The molecule has 0 amide bonds. The van der Waals surface area contributed by atoms with Gasteiger partial charge in [-0.2, -0.15) is 0 Å². The number of nitrogens with zero attached hydrogens (tertiary/aromatic N) is 2. The monoisotopic (exact) mass is 234 g/mol. The van der Waals surface area contributed by atoms with Gasteiger partial charge in [-0.15, -0.1) is 0 Å². The number of nitrogens with one attached hydrogen (secondary N) is 2. The lowest BCUT2D eigenvalue weighted by Crippen LogP contribution is -2.13. The maximum absolute atomic E-state index is 4.32. The fourth-order valence-corrected chi connectivity index (χ4v) is 2.21. The Bertz CT molecular complexity index is 317. The second kappa shape index (κ2) is 6.55. The van der Waals surface area contributed by atoms with E-state index in [0.29, 0.717) is 0 Å². The Hall–Kier alpha value is -1.16. The first-order valence-electron chi connectivity index (χ1n) is 6.64. The van der Waals surface area contributed by atoms with Crippen molar-refractivity contribution in [2.75, 3.05) is 25.0 Å². The number of rotatable bonds is 6. The molecule has 0 bridgehead atoms. The number of aromatic nitrogens is 2. The van der Waals surface area contributed by atoms with Gasteiger partial charge in [-0.1, -0.05) is 13.3 Å². The van der Waals surface area contributed by atoms with Gasteiger partial charge in [0, 0.05) is 18.9 Å². The predicted octanol–water partition coefficient (Wildman–Crippen LogP) is 1.84. The number of hydrogen-bond acceptors (Lipinski definition) is 4. The van der Waals surface area contributed by atoms with Crippen LogP contribution in [0.3, 0.4) is 0 Å². The molecule has 2 rings (SSSR count). The van der Waals surface area contributed by atoms with E-state index >= 15 is 0 Å². The van der Waals surface area contributed by atoms with Crippen LogP contribution in [0.15, 0.2) is 12.4 Å². The van der Waals surface area contributed by atoms with E-state index in [1.807, 2.05) is 12.4 Å². The zero-order valence-corrected chi connectivity index (χ0v) is 10.6. The van der Waals surface area contributed by atoms with Gasteiger partial charge >= 0.3 is 0 Å². The third kappa shape index (κ3) is 3.97. The minimum atomic E-state index is 0.760. The van der Waals surface area contributed by atoms with Crippen molar-refractivity contribution in [1.29, 1.82) is 0 Å². The maximum Gasteiger partial charge on any atom is 0.222 e. The topological polar surface area (TPSA) is 49.8 Å². The Kier molecular flexibility index (Phi) is 4.74. The van der Waals surface area contributed by atoms with Gasteiger partial charge in [-0.3, -0.25) is 0 Å². The van der Waals surface area contributed by atoms with Crippen LogP contribution in [0.1, 0.15) is 31.7 Å². The fourth-order valence-electron chi connectivity index (χ4n) is 2.21. The summed E-state index contributed by atoms with van der Waals surface area (Å²) < 4.78 is 0. The molecule has 2 N–H and O–H groups in total. The molecule has 4 nitrogen and oxygen atoms in total. The summed E-state index contributed by atoms with van der Waals surface area (Å²) in [5.41, 5.74) is 1.22. The third-order valence-corrected chi connectivity index (χ3v) is 3.24. The highest BCUT2D eigenvalue weighted by Gasteiger charge is 2.13. The van der Waals surface area contributed by atoms with Gasteiger partial charge in [-0.05, 0) is 43.8 Å². The van der Waals surface area contributed by atoms with E-state index in [1.165, 1.54) is 24.9 Å². The van der Waals surface area contributed by atoms with Crippen molar-refractivity contribution in [2.45, 2.75) is 32.6 Å². The highest BCUT2D eigenvalue weighted by molar-refractivity contribution is 5.24. The van der Waals surface area contributed by atoms with E-state index in [-0.39, 0.29) is 0 Å². The molecule has 4 heteroatoms. The van der Waals surface area contributed by atoms with Gasteiger partial charge < -0.3 is 10.6 Å². The summed E-state index contributed by atoms with van der Waals surface area (Å²) >= 11 is 0. The summed E-state index contributed by atoms with van der Waals surface area (Å²) in [6.07, 6.45) is 8.57. The Morgan fingerprint density at radius 1 is 1.41 bits per heavy atom. The van der Waals surface area contributed by atoms with Crippen molar-refractivity contribution < 1.29 is 0 Å². The van der Waals surface area contributed by atoms with E-state index in [9.17, 15) is 0 Å². The number of aryl methyl sites for hydroxylation is 1. The van der Waals surface area contributed by atoms with E-state index in [2.05, 4.69) is 27.5 Å². The van der Waals surface area contributed by atoms with Crippen LogP contribution in [0.5, 0.6) is 0 Å². The molecule has 0 aliphatic carbocycles. The number of hydrogen-bond donors (Lipinski definition) is 2. The molecule has 0 saturated carbocycles. The van der Waals surface area contributed by atoms with Gasteiger partial charge in [0.15, 0.2) is 0 Å². The average molecular weight is 234 g/mol. The largest absolute Gasteiger partial charge is 0.354 e. The molecule has 94 valence electrons. The molecule has 2 heterocycles. The Labute approximate surface area is 103 Å². The van der Waals surface area contributed by atoms with Gasteiger partial charge in [0.2, 0.25) is 5.95 Å². The quantitative estimate of drug-likeness (QED) is 0.788. The minimum Gasteiger partial charge on any atom is -0.354 e. The normalized spacial score (nSPS) is 19.5. The van der Waals surface area contributed by atoms with E-state index in [4.69, 9.17) is 0 Å². The number of anilines is 1.